The second-order valence-corrected chi connectivity index (χ2v) is 14.8. The summed E-state index contributed by atoms with van der Waals surface area (Å²) < 4.78 is 10.3. The minimum Gasteiger partial charge on any atom is -0.370 e. The summed E-state index contributed by atoms with van der Waals surface area (Å²) in [5.74, 6) is 13.1. The zero-order valence-electron chi connectivity index (χ0n) is 34.3. The van der Waals surface area contributed by atoms with Crippen molar-refractivity contribution in [2.45, 2.75) is 32.0 Å². The third-order valence-corrected chi connectivity index (χ3v) is 10.6. The van der Waals surface area contributed by atoms with E-state index in [9.17, 15) is 9.59 Å². The monoisotopic (exact) mass is 818 g/mol. The molecule has 1 atom stereocenters. The number of rotatable bonds is 13. The number of nitrogens with zero attached hydrogens (tertiary/aromatic N) is 6. The highest BCUT2D eigenvalue weighted by molar-refractivity contribution is 5.96. The largest absolute Gasteiger partial charge is 0.370 e. The van der Waals surface area contributed by atoms with E-state index in [4.69, 9.17) is 4.74 Å². The van der Waals surface area contributed by atoms with E-state index in [2.05, 4.69) is 66.3 Å². The highest BCUT2D eigenvalue weighted by Gasteiger charge is 2.24. The first kappa shape index (κ1) is 41.0. The number of hydrogen-bond acceptors (Lipinski definition) is 7. The van der Waals surface area contributed by atoms with E-state index < -0.39 is 0 Å². The lowest BCUT2D eigenvalue weighted by Crippen LogP contribution is -2.38. The Hall–Kier alpha value is -7.73. The Morgan fingerprint density at radius 1 is 0.645 bits per heavy atom. The predicted molar refractivity (Wildman–Crippen MR) is 240 cm³/mol. The fourth-order valence-corrected chi connectivity index (χ4v) is 7.25. The van der Waals surface area contributed by atoms with Crippen LogP contribution in [0.4, 0.5) is 5.69 Å². The van der Waals surface area contributed by atoms with Crippen LogP contribution in [-0.4, -0.2) is 68.7 Å². The van der Waals surface area contributed by atoms with Crippen LogP contribution >= 0.6 is 0 Å². The first-order chi connectivity index (χ1) is 30.6. The standard InChI is InChI=1S/C51H46N8O3/c60-50(55-22-4-28-57-30-26-53-37-57)45-16-18-47(41-20-24-52-25-21-41)43(34-45)14-10-40-8-12-42(13-9-40)49-36-59(32-33-62-49)48-19-17-46(35-44(48)15-11-39-6-2-1-3-7-39)51(61)56-23-5-29-58-31-27-54-38-58/h1-3,6-9,12-13,16-21,24-27,30-31,34-35,37-38,49H,4-5,22-23,28-29,32-33,36H2,(H,55,60)(H,56,61). The second-order valence-electron chi connectivity index (χ2n) is 14.8. The molecule has 11 nitrogen and oxygen atoms in total. The van der Waals surface area contributed by atoms with Gasteiger partial charge in [-0.05, 0) is 96.3 Å². The van der Waals surface area contributed by atoms with Gasteiger partial charge in [0.2, 0.25) is 0 Å². The van der Waals surface area contributed by atoms with Gasteiger partial charge >= 0.3 is 0 Å². The van der Waals surface area contributed by atoms with Crippen molar-refractivity contribution < 1.29 is 14.3 Å². The number of carbonyl (C=O) groups excluding carboxylic acids is 2. The molecule has 1 fully saturated rings. The van der Waals surface area contributed by atoms with Crippen molar-refractivity contribution in [1.82, 2.24) is 34.7 Å². The summed E-state index contributed by atoms with van der Waals surface area (Å²) >= 11 is 0. The minimum absolute atomic E-state index is 0.131. The number of hydrogen-bond donors (Lipinski definition) is 2. The first-order valence-electron chi connectivity index (χ1n) is 20.8. The van der Waals surface area contributed by atoms with Gasteiger partial charge in [0, 0.05) is 110 Å². The number of aryl methyl sites for hydroxylation is 2. The van der Waals surface area contributed by atoms with Crippen LogP contribution in [0.2, 0.25) is 0 Å². The molecule has 3 aromatic heterocycles. The Morgan fingerprint density at radius 2 is 1.26 bits per heavy atom. The zero-order chi connectivity index (χ0) is 42.4. The number of carbonyl (C=O) groups is 2. The van der Waals surface area contributed by atoms with E-state index in [-0.39, 0.29) is 17.9 Å². The number of nitrogens with one attached hydrogen (secondary N) is 2. The van der Waals surface area contributed by atoms with Gasteiger partial charge in [-0.3, -0.25) is 14.6 Å². The second kappa shape index (κ2) is 20.5. The molecule has 1 saturated heterocycles. The molecule has 0 aliphatic carbocycles. The number of amides is 2. The quantitative estimate of drug-likeness (QED) is 0.0937. The molecule has 308 valence electrons. The zero-order valence-corrected chi connectivity index (χ0v) is 34.3. The molecule has 7 aromatic rings. The van der Waals surface area contributed by atoms with Gasteiger partial charge in [-0.15, -0.1) is 0 Å². The van der Waals surface area contributed by atoms with Gasteiger partial charge in [-0.1, -0.05) is 60.1 Å². The fourth-order valence-electron chi connectivity index (χ4n) is 7.25. The number of ether oxygens (including phenoxy) is 1. The number of imidazole rings is 2. The number of morpholine rings is 1. The van der Waals surface area contributed by atoms with E-state index in [1.807, 2.05) is 113 Å². The lowest BCUT2D eigenvalue weighted by Gasteiger charge is -2.35. The maximum Gasteiger partial charge on any atom is 0.251 e. The first-order valence-corrected chi connectivity index (χ1v) is 20.8. The molecular weight excluding hydrogens is 773 g/mol. The van der Waals surface area contributed by atoms with Crippen molar-refractivity contribution in [3.8, 4) is 34.8 Å². The molecule has 0 spiro atoms. The van der Waals surface area contributed by atoms with Gasteiger partial charge < -0.3 is 29.4 Å². The molecular formula is C51H46N8O3. The Balaban J connectivity index is 0.962. The van der Waals surface area contributed by atoms with E-state index in [1.165, 1.54) is 0 Å². The lowest BCUT2D eigenvalue weighted by atomic mass is 9.97. The van der Waals surface area contributed by atoms with Crippen LogP contribution in [0.5, 0.6) is 0 Å². The van der Waals surface area contributed by atoms with Crippen molar-refractivity contribution >= 4 is 17.5 Å². The topological polar surface area (TPSA) is 119 Å². The summed E-state index contributed by atoms with van der Waals surface area (Å²) in [6.45, 7) is 4.47. The number of aromatic nitrogens is 5. The van der Waals surface area contributed by atoms with Crippen molar-refractivity contribution in [1.29, 1.82) is 0 Å². The van der Waals surface area contributed by atoms with E-state index in [1.54, 1.807) is 37.4 Å². The fraction of sp³-hybridized carbons (Fsp3) is 0.196. The molecule has 1 unspecified atom stereocenters. The van der Waals surface area contributed by atoms with Gasteiger partial charge in [0.05, 0.1) is 24.9 Å². The van der Waals surface area contributed by atoms with Gasteiger partial charge in [0.1, 0.15) is 6.10 Å². The average Bonchev–Trinajstić information content (AvgIpc) is 4.06. The Morgan fingerprint density at radius 3 is 1.90 bits per heavy atom. The maximum atomic E-state index is 13.3. The average molecular weight is 819 g/mol. The normalized spacial score (nSPS) is 13.3. The number of pyridine rings is 1. The molecule has 8 rings (SSSR count). The predicted octanol–water partition coefficient (Wildman–Crippen LogP) is 7.16. The van der Waals surface area contributed by atoms with E-state index >= 15 is 0 Å². The van der Waals surface area contributed by atoms with Crippen LogP contribution in [0, 0.1) is 23.7 Å². The highest BCUT2D eigenvalue weighted by atomic mass is 16.5. The lowest BCUT2D eigenvalue weighted by molar-refractivity contribution is 0.0398. The smallest absolute Gasteiger partial charge is 0.251 e. The van der Waals surface area contributed by atoms with E-state index in [0.717, 1.165) is 70.6 Å². The Bertz CT molecular complexity index is 2700. The molecule has 11 heteroatoms. The van der Waals surface area contributed by atoms with Crippen LogP contribution in [0.3, 0.4) is 0 Å². The van der Waals surface area contributed by atoms with E-state index in [0.29, 0.717) is 43.9 Å². The van der Waals surface area contributed by atoms with Crippen LogP contribution in [0.1, 0.15) is 67.5 Å². The molecule has 1 aliphatic rings. The summed E-state index contributed by atoms with van der Waals surface area (Å²) in [5.41, 5.74) is 8.26. The molecule has 2 N–H and O–H groups in total. The van der Waals surface area contributed by atoms with Crippen LogP contribution in [0.25, 0.3) is 11.1 Å². The third kappa shape index (κ3) is 10.9. The van der Waals surface area contributed by atoms with Crippen molar-refractivity contribution in [2.75, 3.05) is 37.7 Å². The Labute approximate surface area is 361 Å². The Kier molecular flexibility index (Phi) is 13.6. The van der Waals surface area contributed by atoms with Crippen LogP contribution in [0.15, 0.2) is 153 Å². The third-order valence-electron chi connectivity index (χ3n) is 10.6. The molecule has 0 bridgehead atoms. The SMILES string of the molecule is O=C(NCCCn1ccnc1)c1ccc(-c2ccncc2)c(C#Cc2ccc(C3CN(c4ccc(C(=O)NCCCn5ccnc5)cc4C#Cc4ccccc4)CCO3)cc2)c1. The molecule has 0 radical (unpaired) electrons. The summed E-state index contributed by atoms with van der Waals surface area (Å²) in [5, 5.41) is 6.09. The van der Waals surface area contributed by atoms with Gasteiger partial charge in [-0.2, -0.15) is 0 Å². The number of benzene rings is 4. The van der Waals surface area contributed by atoms with Gasteiger partial charge in [0.25, 0.3) is 11.8 Å². The van der Waals surface area contributed by atoms with Gasteiger partial charge in [-0.25, -0.2) is 9.97 Å². The molecule has 0 saturated carbocycles. The van der Waals surface area contributed by atoms with Crippen molar-refractivity contribution in [3.05, 3.63) is 192 Å². The maximum absolute atomic E-state index is 13.3. The molecule has 4 heterocycles. The number of anilines is 1. The van der Waals surface area contributed by atoms with Crippen LogP contribution in [-0.2, 0) is 17.8 Å². The summed E-state index contributed by atoms with van der Waals surface area (Å²) in [6, 6.07) is 33.3. The van der Waals surface area contributed by atoms with Crippen LogP contribution < -0.4 is 15.5 Å². The highest BCUT2D eigenvalue weighted by Crippen LogP contribution is 2.30. The molecule has 4 aromatic carbocycles. The summed E-state index contributed by atoms with van der Waals surface area (Å²) in [7, 11) is 0. The summed E-state index contributed by atoms with van der Waals surface area (Å²) in [6.07, 6.45) is 15.8. The van der Waals surface area contributed by atoms with Crippen molar-refractivity contribution in [3.63, 3.8) is 0 Å². The minimum atomic E-state index is -0.187. The summed E-state index contributed by atoms with van der Waals surface area (Å²) in [4.78, 5) is 41.1. The van der Waals surface area contributed by atoms with Crippen molar-refractivity contribution in [2.24, 2.45) is 0 Å². The molecule has 62 heavy (non-hydrogen) atoms. The molecule has 1 aliphatic heterocycles. The molecule has 2 amide bonds. The van der Waals surface area contributed by atoms with Gasteiger partial charge in [0.15, 0.2) is 0 Å².